The minimum absolute atomic E-state index is 0.0127. The highest BCUT2D eigenvalue weighted by molar-refractivity contribution is 8.22. The minimum Gasteiger partial charge on any atom is -0.487 e. The van der Waals surface area contributed by atoms with Gasteiger partial charge in [-0.25, -0.2) is 9.36 Å². The van der Waals surface area contributed by atoms with Gasteiger partial charge in [0.1, 0.15) is 33.7 Å². The zero-order valence-electron chi connectivity index (χ0n) is 30.7. The van der Waals surface area contributed by atoms with Gasteiger partial charge in [0.15, 0.2) is 0 Å². The molecule has 1 aliphatic rings. The summed E-state index contributed by atoms with van der Waals surface area (Å²) in [6.07, 6.45) is 2.33. The predicted octanol–water partition coefficient (Wildman–Crippen LogP) is 6.18. The van der Waals surface area contributed by atoms with Crippen molar-refractivity contribution in [2.24, 2.45) is 5.41 Å². The number of para-hydroxylation sites is 1. The second kappa shape index (κ2) is 15.0. The highest BCUT2D eigenvalue weighted by atomic mass is 32.3. The Morgan fingerprint density at radius 3 is 2.30 bits per heavy atom. The number of rotatable bonds is 13. The van der Waals surface area contributed by atoms with E-state index in [9.17, 15) is 24.1 Å². The molecule has 0 fully saturated rings. The molecule has 0 radical (unpaired) electrons. The van der Waals surface area contributed by atoms with Gasteiger partial charge in [-0.05, 0) is 81.5 Å². The number of nitrogens with zero attached hydrogens (tertiary/aromatic N) is 7. The Kier molecular flexibility index (Phi) is 10.8. The summed E-state index contributed by atoms with van der Waals surface area (Å²) in [4.78, 5) is 12.9. The summed E-state index contributed by atoms with van der Waals surface area (Å²) in [5.74, 6) is -0.583. The molecule has 3 heterocycles. The number of aromatic nitrogens is 6. The SMILES string of the molecule is Cc1ccc(C(OCc2cn(Cc3cccc(Cn4cc(C(C)(C)O)nn4)c3)nn2)C(C)(C)C(=O)O)cc1CN1CC(C)Oc2ccccc2S1(O)O. The standard InChI is InChI=1S/C38H47N7O7S/c1-25-14-15-29(17-30(25)21-45-18-26(2)52-32-12-7-8-13-33(32)53(45,49)50)35(37(3,4)36(46)47)51-24-31-22-43(41-39-31)19-27-10-9-11-28(16-27)20-44-23-34(40-42-44)38(5,6)48/h7-17,22-23,26,35,48-50H,18-21,24H2,1-6H3,(H,46,47). The van der Waals surface area contributed by atoms with Gasteiger partial charge >= 0.3 is 5.97 Å². The average molecular weight is 746 g/mol. The number of aryl methyl sites for hydroxylation is 1. The molecule has 5 aromatic rings. The molecule has 3 aromatic carbocycles. The summed E-state index contributed by atoms with van der Waals surface area (Å²) in [5, 5.41) is 37.3. The molecule has 2 aromatic heterocycles. The molecule has 4 N–H and O–H groups in total. The summed E-state index contributed by atoms with van der Waals surface area (Å²) >= 11 is 0. The number of aliphatic hydroxyl groups is 1. The quantitative estimate of drug-likeness (QED) is 0.108. The van der Waals surface area contributed by atoms with Crippen molar-refractivity contribution >= 4 is 16.7 Å². The van der Waals surface area contributed by atoms with Gasteiger partial charge in [-0.2, -0.15) is 4.31 Å². The first kappa shape index (κ1) is 38.1. The van der Waals surface area contributed by atoms with Crippen molar-refractivity contribution in [1.29, 1.82) is 0 Å². The average Bonchev–Trinajstić information content (AvgIpc) is 3.74. The molecule has 0 saturated carbocycles. The van der Waals surface area contributed by atoms with E-state index in [-0.39, 0.29) is 25.8 Å². The molecule has 282 valence electrons. The topological polar surface area (TPSA) is 181 Å². The number of benzene rings is 3. The van der Waals surface area contributed by atoms with E-state index in [2.05, 4.69) is 20.6 Å². The third-order valence-corrected chi connectivity index (χ3v) is 11.3. The first-order valence-electron chi connectivity index (χ1n) is 17.3. The van der Waals surface area contributed by atoms with Crippen molar-refractivity contribution in [3.63, 3.8) is 0 Å². The van der Waals surface area contributed by atoms with E-state index in [1.165, 1.54) is 0 Å². The van der Waals surface area contributed by atoms with Crippen molar-refractivity contribution in [3.8, 4) is 5.75 Å². The van der Waals surface area contributed by atoms with Crippen molar-refractivity contribution in [3.05, 3.63) is 118 Å². The fourth-order valence-corrected chi connectivity index (χ4v) is 7.93. The molecular weight excluding hydrogens is 699 g/mol. The van der Waals surface area contributed by atoms with Crippen molar-refractivity contribution < 1.29 is 33.6 Å². The van der Waals surface area contributed by atoms with Crippen LogP contribution in [0.2, 0.25) is 0 Å². The number of carboxylic acid groups (broad SMARTS) is 1. The maximum atomic E-state index is 12.6. The summed E-state index contributed by atoms with van der Waals surface area (Å²) < 4.78 is 40.3. The molecule has 0 bridgehead atoms. The monoisotopic (exact) mass is 745 g/mol. The van der Waals surface area contributed by atoms with Crippen LogP contribution < -0.4 is 4.74 Å². The fraction of sp³-hybridized carbons (Fsp3) is 0.395. The predicted molar refractivity (Wildman–Crippen MR) is 198 cm³/mol. The van der Waals surface area contributed by atoms with E-state index in [1.807, 2.05) is 56.3 Å². The Labute approximate surface area is 310 Å². The molecule has 2 unspecified atom stereocenters. The van der Waals surface area contributed by atoms with Gasteiger partial charge in [-0.1, -0.05) is 65.0 Å². The van der Waals surface area contributed by atoms with Crippen LogP contribution in [-0.2, 0) is 41.4 Å². The van der Waals surface area contributed by atoms with E-state index < -0.39 is 33.9 Å². The number of hydrogen-bond acceptors (Lipinski definition) is 11. The lowest BCUT2D eigenvalue weighted by Gasteiger charge is -2.42. The van der Waals surface area contributed by atoms with E-state index in [0.29, 0.717) is 40.7 Å². The van der Waals surface area contributed by atoms with Crippen molar-refractivity contribution in [2.75, 3.05) is 6.54 Å². The van der Waals surface area contributed by atoms with Gasteiger partial charge < -0.3 is 19.7 Å². The second-order valence-corrected chi connectivity index (χ2v) is 16.7. The van der Waals surface area contributed by atoms with E-state index in [1.54, 1.807) is 78.0 Å². The number of fused-ring (bicyclic) bond motifs is 1. The van der Waals surface area contributed by atoms with Crippen molar-refractivity contribution in [2.45, 2.75) is 90.5 Å². The summed E-state index contributed by atoms with van der Waals surface area (Å²) in [7, 11) is -3.38. The minimum atomic E-state index is -3.38. The third-order valence-electron chi connectivity index (χ3n) is 9.35. The van der Waals surface area contributed by atoms with Gasteiger partial charge in [0.25, 0.3) is 0 Å². The van der Waals surface area contributed by atoms with Gasteiger partial charge in [-0.15, -0.1) is 21.0 Å². The zero-order chi connectivity index (χ0) is 38.1. The maximum Gasteiger partial charge on any atom is 0.312 e. The normalized spacial score (nSPS) is 17.4. The number of ether oxygens (including phenoxy) is 2. The molecule has 0 aliphatic carbocycles. The maximum absolute atomic E-state index is 12.6. The first-order chi connectivity index (χ1) is 25.0. The Morgan fingerprint density at radius 2 is 1.62 bits per heavy atom. The third kappa shape index (κ3) is 8.61. The Balaban J connectivity index is 1.17. The number of hydrogen-bond donors (Lipinski definition) is 4. The summed E-state index contributed by atoms with van der Waals surface area (Å²) in [5.41, 5.74) is 2.97. The molecular formula is C38H47N7O7S. The van der Waals surface area contributed by atoms with Gasteiger partial charge in [0.05, 0.1) is 50.2 Å². The zero-order valence-corrected chi connectivity index (χ0v) is 31.6. The highest BCUT2D eigenvalue weighted by Crippen LogP contribution is 2.57. The van der Waals surface area contributed by atoms with Gasteiger partial charge in [0, 0.05) is 6.54 Å². The van der Waals surface area contributed by atoms with Crippen LogP contribution in [0.5, 0.6) is 5.75 Å². The Hall–Kier alpha value is -4.64. The molecule has 0 saturated heterocycles. The largest absolute Gasteiger partial charge is 0.487 e. The van der Waals surface area contributed by atoms with Crippen LogP contribution in [-0.4, -0.2) is 72.2 Å². The number of aliphatic carboxylic acids is 1. The molecule has 1 aliphatic heterocycles. The van der Waals surface area contributed by atoms with E-state index >= 15 is 0 Å². The highest BCUT2D eigenvalue weighted by Gasteiger charge is 2.40. The molecule has 53 heavy (non-hydrogen) atoms. The lowest BCUT2D eigenvalue weighted by Crippen LogP contribution is -2.34. The molecule has 15 heteroatoms. The Bertz CT molecular complexity index is 2070. The first-order valence-corrected chi connectivity index (χ1v) is 18.8. The van der Waals surface area contributed by atoms with Gasteiger partial charge in [0.2, 0.25) is 0 Å². The van der Waals surface area contributed by atoms with Crippen molar-refractivity contribution in [1.82, 2.24) is 34.3 Å². The van der Waals surface area contributed by atoms with Crippen LogP contribution in [0.3, 0.4) is 0 Å². The molecule has 14 nitrogen and oxygen atoms in total. The lowest BCUT2D eigenvalue weighted by atomic mass is 9.81. The Morgan fingerprint density at radius 1 is 0.943 bits per heavy atom. The number of carbonyl (C=O) groups is 1. The lowest BCUT2D eigenvalue weighted by molar-refractivity contribution is -0.158. The van der Waals surface area contributed by atoms with Crippen LogP contribution in [0.1, 0.15) is 79.9 Å². The summed E-state index contributed by atoms with van der Waals surface area (Å²) in [6, 6.07) is 20.6. The van der Waals surface area contributed by atoms with Gasteiger partial charge in [-0.3, -0.25) is 13.9 Å². The van der Waals surface area contributed by atoms with Crippen LogP contribution in [0.4, 0.5) is 0 Å². The van der Waals surface area contributed by atoms with E-state index in [4.69, 9.17) is 9.47 Å². The van der Waals surface area contributed by atoms with Crippen LogP contribution in [0.25, 0.3) is 0 Å². The molecule has 0 spiro atoms. The summed E-state index contributed by atoms with van der Waals surface area (Å²) in [6.45, 7) is 11.8. The van der Waals surface area contributed by atoms with Crippen LogP contribution in [0.15, 0.2) is 84.0 Å². The molecule has 6 rings (SSSR count). The smallest absolute Gasteiger partial charge is 0.312 e. The molecule has 0 amide bonds. The van der Waals surface area contributed by atoms with Crippen LogP contribution >= 0.6 is 10.8 Å². The van der Waals surface area contributed by atoms with Crippen LogP contribution in [0, 0.1) is 12.3 Å². The van der Waals surface area contributed by atoms with E-state index in [0.717, 1.165) is 22.3 Å². The number of carboxylic acids is 1. The second-order valence-electron chi connectivity index (χ2n) is 14.7. The molecule has 2 atom stereocenters. The fourth-order valence-electron chi connectivity index (χ4n) is 6.27.